The lowest BCUT2D eigenvalue weighted by molar-refractivity contribution is -0.132. The van der Waals surface area contributed by atoms with Gasteiger partial charge < -0.3 is 14.7 Å². The highest BCUT2D eigenvalue weighted by Gasteiger charge is 2.23. The predicted octanol–water partition coefficient (Wildman–Crippen LogP) is 3.21. The summed E-state index contributed by atoms with van der Waals surface area (Å²) in [5.74, 6) is -0.849. The lowest BCUT2D eigenvalue weighted by Gasteiger charge is -2.28. The van der Waals surface area contributed by atoms with Crippen molar-refractivity contribution < 1.29 is 19.4 Å². The molecule has 0 aromatic heterocycles. The molecule has 5 heteroatoms. The highest BCUT2D eigenvalue weighted by atomic mass is 16.6. The fraction of sp³-hybridized carbons (Fsp3) is 0.412. The molecule has 0 atom stereocenters. The highest BCUT2D eigenvalue weighted by molar-refractivity contribution is 5.87. The number of piperidine rings is 1. The van der Waals surface area contributed by atoms with E-state index in [1.807, 2.05) is 37.3 Å². The smallest absolute Gasteiger partial charge is 0.410 e. The molecule has 1 aliphatic rings. The van der Waals surface area contributed by atoms with Crippen molar-refractivity contribution in [1.82, 2.24) is 4.90 Å². The summed E-state index contributed by atoms with van der Waals surface area (Å²) in [4.78, 5) is 24.8. The third-order valence-electron chi connectivity index (χ3n) is 3.87. The summed E-state index contributed by atoms with van der Waals surface area (Å²) in [5, 5.41) is 9.15. The summed E-state index contributed by atoms with van der Waals surface area (Å²) in [7, 11) is 0. The summed E-state index contributed by atoms with van der Waals surface area (Å²) >= 11 is 0. The number of benzene rings is 1. The fourth-order valence-electron chi connectivity index (χ4n) is 2.62. The maximum absolute atomic E-state index is 12.0. The molecule has 1 fully saturated rings. The summed E-state index contributed by atoms with van der Waals surface area (Å²) < 4.78 is 5.29. The van der Waals surface area contributed by atoms with Crippen molar-refractivity contribution in [1.29, 1.82) is 0 Å². The van der Waals surface area contributed by atoms with Crippen LogP contribution in [0.1, 0.15) is 31.7 Å². The number of likely N-dealkylation sites (tertiary alicyclic amines) is 1. The summed E-state index contributed by atoms with van der Waals surface area (Å²) in [6, 6.07) is 9.53. The van der Waals surface area contributed by atoms with E-state index in [2.05, 4.69) is 0 Å². The molecule has 2 rings (SSSR count). The van der Waals surface area contributed by atoms with Gasteiger partial charge in [0.15, 0.2) is 0 Å². The molecule has 5 nitrogen and oxygen atoms in total. The second-order valence-electron chi connectivity index (χ2n) is 5.27. The topological polar surface area (TPSA) is 66.8 Å². The van der Waals surface area contributed by atoms with E-state index in [1.165, 1.54) is 0 Å². The molecule has 1 aromatic carbocycles. The van der Waals surface area contributed by atoms with Gasteiger partial charge in [0, 0.05) is 18.7 Å². The molecule has 0 unspecified atom stereocenters. The number of nitrogens with zero attached hydrogens (tertiary/aromatic N) is 1. The Morgan fingerprint density at radius 2 is 1.82 bits per heavy atom. The second-order valence-corrected chi connectivity index (χ2v) is 5.27. The maximum Gasteiger partial charge on any atom is 0.410 e. The zero-order valence-corrected chi connectivity index (χ0v) is 12.7. The van der Waals surface area contributed by atoms with Gasteiger partial charge in [0.25, 0.3) is 0 Å². The van der Waals surface area contributed by atoms with Crippen LogP contribution < -0.4 is 0 Å². The van der Waals surface area contributed by atoms with Crippen molar-refractivity contribution >= 4 is 12.1 Å². The van der Waals surface area contributed by atoms with E-state index in [9.17, 15) is 9.59 Å². The number of carbonyl (C=O) groups is 2. The summed E-state index contributed by atoms with van der Waals surface area (Å²) in [6.07, 6.45) is 1.39. The molecular formula is C17H21NO4. The standard InChI is InChI=1S/C17H21NO4/c1-2-15(16(19)20)14-8-10-18(11-9-14)17(21)22-12-13-6-4-3-5-7-13/h3-7H,2,8-12H2,1H3,(H,19,20). The number of amides is 1. The number of carboxylic acid groups (broad SMARTS) is 1. The van der Waals surface area contributed by atoms with E-state index in [1.54, 1.807) is 4.90 Å². The van der Waals surface area contributed by atoms with E-state index in [-0.39, 0.29) is 12.7 Å². The van der Waals surface area contributed by atoms with Crippen molar-refractivity contribution in [2.75, 3.05) is 13.1 Å². The molecule has 1 heterocycles. The molecule has 1 N–H and O–H groups in total. The first-order valence-corrected chi connectivity index (χ1v) is 7.51. The van der Waals surface area contributed by atoms with Gasteiger partial charge in [-0.1, -0.05) is 42.8 Å². The van der Waals surface area contributed by atoms with E-state index in [4.69, 9.17) is 9.84 Å². The van der Waals surface area contributed by atoms with Crippen LogP contribution in [0.3, 0.4) is 0 Å². The predicted molar refractivity (Wildman–Crippen MR) is 82.4 cm³/mol. The van der Waals surface area contributed by atoms with Crippen LogP contribution in [0.5, 0.6) is 0 Å². The normalized spacial score (nSPS) is 14.6. The van der Waals surface area contributed by atoms with Crippen LogP contribution in [0.25, 0.3) is 0 Å². The number of ether oxygens (including phenoxy) is 1. The maximum atomic E-state index is 12.0. The molecule has 1 aromatic rings. The van der Waals surface area contributed by atoms with Gasteiger partial charge in [-0.2, -0.15) is 0 Å². The van der Waals surface area contributed by atoms with Crippen LogP contribution in [-0.4, -0.2) is 35.2 Å². The molecule has 0 radical (unpaired) electrons. The molecule has 1 amide bonds. The summed E-state index contributed by atoms with van der Waals surface area (Å²) in [5.41, 5.74) is 2.38. The van der Waals surface area contributed by atoms with Gasteiger partial charge in [-0.15, -0.1) is 0 Å². The Bertz CT molecular complexity index is 555. The quantitative estimate of drug-likeness (QED) is 0.867. The largest absolute Gasteiger partial charge is 0.478 e. The first-order chi connectivity index (χ1) is 10.6. The average molecular weight is 303 g/mol. The Labute approximate surface area is 130 Å². The first-order valence-electron chi connectivity index (χ1n) is 7.51. The Morgan fingerprint density at radius 3 is 2.36 bits per heavy atom. The molecule has 22 heavy (non-hydrogen) atoms. The molecule has 1 saturated heterocycles. The van der Waals surface area contributed by atoms with Gasteiger partial charge in [-0.25, -0.2) is 9.59 Å². The minimum Gasteiger partial charge on any atom is -0.478 e. The van der Waals surface area contributed by atoms with Gasteiger partial charge >= 0.3 is 12.1 Å². The molecule has 0 aliphatic carbocycles. The van der Waals surface area contributed by atoms with Crippen molar-refractivity contribution in [2.24, 2.45) is 0 Å². The zero-order chi connectivity index (χ0) is 15.9. The number of hydrogen-bond acceptors (Lipinski definition) is 3. The number of hydrogen-bond donors (Lipinski definition) is 1. The monoisotopic (exact) mass is 303 g/mol. The van der Waals surface area contributed by atoms with Crippen molar-refractivity contribution in [2.45, 2.75) is 32.8 Å². The van der Waals surface area contributed by atoms with E-state index in [0.29, 0.717) is 37.9 Å². The Morgan fingerprint density at radius 1 is 1.18 bits per heavy atom. The van der Waals surface area contributed by atoms with Gasteiger partial charge in [-0.05, 0) is 24.8 Å². The number of aliphatic carboxylic acids is 1. The summed E-state index contributed by atoms with van der Waals surface area (Å²) in [6.45, 7) is 3.13. The lowest BCUT2D eigenvalue weighted by atomic mass is 9.96. The Hall–Kier alpha value is -2.30. The number of carboxylic acids is 1. The van der Waals surface area contributed by atoms with Crippen LogP contribution >= 0.6 is 0 Å². The molecule has 0 spiro atoms. The lowest BCUT2D eigenvalue weighted by Crippen LogP contribution is -2.37. The number of rotatable bonds is 4. The molecule has 0 bridgehead atoms. The highest BCUT2D eigenvalue weighted by Crippen LogP contribution is 2.22. The number of carbonyl (C=O) groups excluding carboxylic acids is 1. The molecule has 118 valence electrons. The van der Waals surface area contributed by atoms with Gasteiger partial charge in [0.05, 0.1) is 0 Å². The first kappa shape index (κ1) is 16.1. The van der Waals surface area contributed by atoms with Gasteiger partial charge in [0.2, 0.25) is 0 Å². The van der Waals surface area contributed by atoms with E-state index < -0.39 is 5.97 Å². The third kappa shape index (κ3) is 4.10. The second kappa shape index (κ2) is 7.64. The third-order valence-corrected chi connectivity index (χ3v) is 3.87. The van der Waals surface area contributed by atoms with Crippen LogP contribution in [-0.2, 0) is 16.1 Å². The van der Waals surface area contributed by atoms with Crippen LogP contribution in [0, 0.1) is 0 Å². The Balaban J connectivity index is 1.86. The van der Waals surface area contributed by atoms with E-state index >= 15 is 0 Å². The molecule has 1 aliphatic heterocycles. The van der Waals surface area contributed by atoms with Crippen molar-refractivity contribution in [3.8, 4) is 0 Å². The SMILES string of the molecule is CCC(C(=O)O)=C1CCN(C(=O)OCc2ccccc2)CC1. The Kier molecular flexibility index (Phi) is 5.58. The minimum atomic E-state index is -0.849. The van der Waals surface area contributed by atoms with E-state index in [0.717, 1.165) is 11.1 Å². The van der Waals surface area contributed by atoms with Crippen LogP contribution in [0.15, 0.2) is 41.5 Å². The average Bonchev–Trinajstić information content (AvgIpc) is 2.54. The van der Waals surface area contributed by atoms with Gasteiger partial charge in [0.1, 0.15) is 6.61 Å². The van der Waals surface area contributed by atoms with Crippen molar-refractivity contribution in [3.05, 3.63) is 47.0 Å². The molecular weight excluding hydrogens is 282 g/mol. The van der Waals surface area contributed by atoms with Crippen LogP contribution in [0.2, 0.25) is 0 Å². The van der Waals surface area contributed by atoms with Gasteiger partial charge in [-0.3, -0.25) is 0 Å². The molecule has 0 saturated carbocycles. The van der Waals surface area contributed by atoms with Crippen molar-refractivity contribution in [3.63, 3.8) is 0 Å². The zero-order valence-electron chi connectivity index (χ0n) is 12.7. The minimum absolute atomic E-state index is 0.258. The van der Waals surface area contributed by atoms with Crippen LogP contribution in [0.4, 0.5) is 4.79 Å². The fourth-order valence-corrected chi connectivity index (χ4v) is 2.62.